The standard InChI is InChI=1S/C15H29NO2/c1-11(2)7-8-13(17)18-12-9-14(3,4)16-15(5,6)10-12/h11-12,16H,7-10H2,1-6H3. The molecule has 0 bridgehead atoms. The van der Waals surface area contributed by atoms with E-state index < -0.39 is 0 Å². The highest BCUT2D eigenvalue weighted by atomic mass is 16.5. The van der Waals surface area contributed by atoms with E-state index in [1.54, 1.807) is 0 Å². The zero-order valence-electron chi connectivity index (χ0n) is 12.8. The molecule has 1 heterocycles. The highest BCUT2D eigenvalue weighted by Gasteiger charge is 2.39. The Hall–Kier alpha value is -0.570. The van der Waals surface area contributed by atoms with E-state index in [1.807, 2.05) is 0 Å². The zero-order chi connectivity index (χ0) is 14.0. The van der Waals surface area contributed by atoms with Gasteiger partial charge in [0.25, 0.3) is 0 Å². The van der Waals surface area contributed by atoms with Gasteiger partial charge in [0.05, 0.1) is 0 Å². The first-order chi connectivity index (χ1) is 8.10. The van der Waals surface area contributed by atoms with Crippen molar-refractivity contribution in [3.8, 4) is 0 Å². The summed E-state index contributed by atoms with van der Waals surface area (Å²) in [5.74, 6) is 0.514. The van der Waals surface area contributed by atoms with Crippen molar-refractivity contribution in [2.24, 2.45) is 5.92 Å². The summed E-state index contributed by atoms with van der Waals surface area (Å²) < 4.78 is 5.63. The van der Waals surface area contributed by atoms with E-state index in [4.69, 9.17) is 4.74 Å². The van der Waals surface area contributed by atoms with Crippen LogP contribution in [-0.4, -0.2) is 23.2 Å². The van der Waals surface area contributed by atoms with Gasteiger partial charge in [-0.15, -0.1) is 0 Å². The van der Waals surface area contributed by atoms with E-state index in [1.165, 1.54) is 0 Å². The van der Waals surface area contributed by atoms with E-state index in [-0.39, 0.29) is 23.2 Å². The van der Waals surface area contributed by atoms with Gasteiger partial charge in [-0.25, -0.2) is 0 Å². The number of ether oxygens (including phenoxy) is 1. The van der Waals surface area contributed by atoms with Crippen molar-refractivity contribution in [1.82, 2.24) is 5.32 Å². The molecule has 0 aromatic heterocycles. The maximum absolute atomic E-state index is 11.8. The molecular formula is C15H29NO2. The van der Waals surface area contributed by atoms with Crippen LogP contribution in [0, 0.1) is 5.92 Å². The van der Waals surface area contributed by atoms with E-state index >= 15 is 0 Å². The van der Waals surface area contributed by atoms with Gasteiger partial charge in [-0.05, 0) is 40.0 Å². The Bertz CT molecular complexity index is 279. The summed E-state index contributed by atoms with van der Waals surface area (Å²) in [4.78, 5) is 11.8. The first-order valence-electron chi connectivity index (χ1n) is 7.08. The van der Waals surface area contributed by atoms with Gasteiger partial charge in [0, 0.05) is 30.3 Å². The average molecular weight is 255 g/mol. The Morgan fingerprint density at radius 2 is 1.72 bits per heavy atom. The van der Waals surface area contributed by atoms with Gasteiger partial charge < -0.3 is 10.1 Å². The largest absolute Gasteiger partial charge is 0.462 e. The molecule has 0 saturated carbocycles. The Morgan fingerprint density at radius 3 is 2.17 bits per heavy atom. The van der Waals surface area contributed by atoms with Crippen LogP contribution < -0.4 is 5.32 Å². The number of piperidine rings is 1. The topological polar surface area (TPSA) is 38.3 Å². The van der Waals surface area contributed by atoms with Gasteiger partial charge in [-0.2, -0.15) is 0 Å². The van der Waals surface area contributed by atoms with Crippen LogP contribution in [0.25, 0.3) is 0 Å². The summed E-state index contributed by atoms with van der Waals surface area (Å²) in [6.45, 7) is 12.9. The van der Waals surface area contributed by atoms with Crippen molar-refractivity contribution < 1.29 is 9.53 Å². The fraction of sp³-hybridized carbons (Fsp3) is 0.933. The molecule has 1 aliphatic rings. The van der Waals surface area contributed by atoms with Crippen LogP contribution >= 0.6 is 0 Å². The number of esters is 1. The second kappa shape index (κ2) is 5.60. The summed E-state index contributed by atoms with van der Waals surface area (Å²) in [5.41, 5.74) is 0.0650. The fourth-order valence-electron chi connectivity index (χ4n) is 2.96. The monoisotopic (exact) mass is 255 g/mol. The van der Waals surface area contributed by atoms with Gasteiger partial charge in [0.15, 0.2) is 0 Å². The number of carbonyl (C=O) groups is 1. The van der Waals surface area contributed by atoms with Crippen molar-refractivity contribution in [2.45, 2.75) is 84.4 Å². The Balaban J connectivity index is 2.49. The second-order valence-electron chi connectivity index (χ2n) is 7.35. The van der Waals surface area contributed by atoms with E-state index in [9.17, 15) is 4.79 Å². The normalized spacial score (nSPS) is 23.1. The van der Waals surface area contributed by atoms with Crippen LogP contribution in [0.2, 0.25) is 0 Å². The zero-order valence-corrected chi connectivity index (χ0v) is 12.8. The third kappa shape index (κ3) is 5.38. The molecule has 1 aliphatic heterocycles. The molecule has 3 nitrogen and oxygen atoms in total. The highest BCUT2D eigenvalue weighted by molar-refractivity contribution is 5.69. The average Bonchev–Trinajstić information content (AvgIpc) is 2.09. The van der Waals surface area contributed by atoms with Crippen LogP contribution in [0.15, 0.2) is 0 Å². The lowest BCUT2D eigenvalue weighted by Crippen LogP contribution is -2.59. The second-order valence-corrected chi connectivity index (χ2v) is 7.35. The quantitative estimate of drug-likeness (QED) is 0.784. The molecule has 0 aromatic rings. The lowest BCUT2D eigenvalue weighted by molar-refractivity contribution is -0.153. The number of nitrogens with one attached hydrogen (secondary N) is 1. The smallest absolute Gasteiger partial charge is 0.306 e. The maximum atomic E-state index is 11.8. The van der Waals surface area contributed by atoms with Crippen LogP contribution in [-0.2, 0) is 9.53 Å². The molecule has 0 atom stereocenters. The van der Waals surface area contributed by atoms with Gasteiger partial charge in [0.1, 0.15) is 6.10 Å². The van der Waals surface area contributed by atoms with Crippen molar-refractivity contribution >= 4 is 5.97 Å². The Labute approximate surface area is 112 Å². The molecule has 1 rings (SSSR count). The Kier molecular flexibility index (Phi) is 4.82. The molecule has 0 unspecified atom stereocenters. The first-order valence-corrected chi connectivity index (χ1v) is 7.08. The van der Waals surface area contributed by atoms with Crippen molar-refractivity contribution in [2.75, 3.05) is 0 Å². The van der Waals surface area contributed by atoms with Crippen LogP contribution in [0.1, 0.15) is 67.2 Å². The van der Waals surface area contributed by atoms with Crippen LogP contribution in [0.5, 0.6) is 0 Å². The molecular weight excluding hydrogens is 226 g/mol. The van der Waals surface area contributed by atoms with Gasteiger partial charge in [-0.1, -0.05) is 13.8 Å². The molecule has 0 spiro atoms. The third-order valence-corrected chi connectivity index (χ3v) is 3.38. The minimum Gasteiger partial charge on any atom is -0.462 e. The SMILES string of the molecule is CC(C)CCC(=O)OC1CC(C)(C)NC(C)(C)C1. The summed E-state index contributed by atoms with van der Waals surface area (Å²) in [5, 5.41) is 3.59. The summed E-state index contributed by atoms with van der Waals surface area (Å²) >= 11 is 0. The lowest BCUT2D eigenvalue weighted by Gasteiger charge is -2.45. The fourth-order valence-corrected chi connectivity index (χ4v) is 2.96. The molecule has 18 heavy (non-hydrogen) atoms. The highest BCUT2D eigenvalue weighted by Crippen LogP contribution is 2.30. The van der Waals surface area contributed by atoms with E-state index in [0.717, 1.165) is 19.3 Å². The molecule has 0 radical (unpaired) electrons. The molecule has 106 valence electrons. The van der Waals surface area contributed by atoms with E-state index in [2.05, 4.69) is 46.9 Å². The number of carbonyl (C=O) groups excluding carboxylic acids is 1. The van der Waals surface area contributed by atoms with Crippen molar-refractivity contribution in [3.05, 3.63) is 0 Å². The van der Waals surface area contributed by atoms with Gasteiger partial charge in [-0.3, -0.25) is 4.79 Å². The van der Waals surface area contributed by atoms with Gasteiger partial charge >= 0.3 is 5.97 Å². The first kappa shape index (κ1) is 15.5. The van der Waals surface area contributed by atoms with Crippen molar-refractivity contribution in [1.29, 1.82) is 0 Å². The van der Waals surface area contributed by atoms with Crippen LogP contribution in [0.3, 0.4) is 0 Å². The predicted molar refractivity (Wildman–Crippen MR) is 74.5 cm³/mol. The Morgan fingerprint density at radius 1 is 1.22 bits per heavy atom. The predicted octanol–water partition coefficient (Wildman–Crippen LogP) is 3.28. The molecule has 1 N–H and O–H groups in total. The number of hydrogen-bond donors (Lipinski definition) is 1. The molecule has 0 aliphatic carbocycles. The summed E-state index contributed by atoms with van der Waals surface area (Å²) in [6.07, 6.45) is 3.29. The van der Waals surface area contributed by atoms with Crippen molar-refractivity contribution in [3.63, 3.8) is 0 Å². The number of rotatable bonds is 4. The maximum Gasteiger partial charge on any atom is 0.306 e. The van der Waals surface area contributed by atoms with Crippen LogP contribution in [0.4, 0.5) is 0 Å². The minimum atomic E-state index is -0.0396. The van der Waals surface area contributed by atoms with E-state index in [0.29, 0.717) is 12.3 Å². The summed E-state index contributed by atoms with van der Waals surface area (Å²) in [6, 6.07) is 0. The molecule has 0 aromatic carbocycles. The molecule has 0 amide bonds. The lowest BCUT2D eigenvalue weighted by atomic mass is 9.81. The summed E-state index contributed by atoms with van der Waals surface area (Å²) in [7, 11) is 0. The van der Waals surface area contributed by atoms with Gasteiger partial charge in [0.2, 0.25) is 0 Å². The molecule has 1 saturated heterocycles. The molecule has 1 fully saturated rings. The molecule has 3 heteroatoms. The number of hydrogen-bond acceptors (Lipinski definition) is 3. The minimum absolute atomic E-state index is 0.0325. The third-order valence-electron chi connectivity index (χ3n) is 3.38.